The van der Waals surface area contributed by atoms with Crippen LogP contribution in [0.4, 0.5) is 0 Å². The highest BCUT2D eigenvalue weighted by Gasteiger charge is 2.23. The predicted molar refractivity (Wildman–Crippen MR) is 68.0 cm³/mol. The van der Waals surface area contributed by atoms with Gasteiger partial charge in [0.25, 0.3) is 0 Å². The van der Waals surface area contributed by atoms with E-state index in [4.69, 9.17) is 0 Å². The third-order valence-electron chi connectivity index (χ3n) is 3.23. The zero-order valence-electron chi connectivity index (χ0n) is 11.3. The van der Waals surface area contributed by atoms with Gasteiger partial charge < -0.3 is 5.11 Å². The standard InChI is InChI=1S/C14H30O/c1-6-8-9-13(7-2)11-14(4,5)10-12(3)15/h12-13,15H,6-11H2,1-5H3. The molecule has 2 unspecified atom stereocenters. The van der Waals surface area contributed by atoms with E-state index in [1.165, 1.54) is 32.1 Å². The van der Waals surface area contributed by atoms with E-state index in [-0.39, 0.29) is 6.10 Å². The smallest absolute Gasteiger partial charge is 0.0517 e. The Morgan fingerprint density at radius 1 is 1.13 bits per heavy atom. The Bertz CT molecular complexity index is 149. The maximum atomic E-state index is 9.45. The van der Waals surface area contributed by atoms with Crippen molar-refractivity contribution in [2.45, 2.75) is 79.2 Å². The number of hydrogen-bond acceptors (Lipinski definition) is 1. The van der Waals surface area contributed by atoms with Crippen LogP contribution in [-0.2, 0) is 0 Å². The van der Waals surface area contributed by atoms with Gasteiger partial charge in [-0.15, -0.1) is 0 Å². The van der Waals surface area contributed by atoms with Crippen molar-refractivity contribution in [2.24, 2.45) is 11.3 Å². The first-order valence-electron chi connectivity index (χ1n) is 6.59. The van der Waals surface area contributed by atoms with Crippen LogP contribution in [0, 0.1) is 11.3 Å². The summed E-state index contributed by atoms with van der Waals surface area (Å²) in [7, 11) is 0. The molecule has 0 amide bonds. The molecule has 2 atom stereocenters. The highest BCUT2D eigenvalue weighted by Crippen LogP contribution is 2.33. The van der Waals surface area contributed by atoms with Crippen LogP contribution in [0.5, 0.6) is 0 Å². The summed E-state index contributed by atoms with van der Waals surface area (Å²) in [5.74, 6) is 0.846. The Hall–Kier alpha value is -0.0400. The Balaban J connectivity index is 4.02. The normalized spacial score (nSPS) is 16.4. The van der Waals surface area contributed by atoms with E-state index in [9.17, 15) is 5.11 Å². The summed E-state index contributed by atoms with van der Waals surface area (Å²) in [5, 5.41) is 9.45. The Labute approximate surface area is 96.3 Å². The van der Waals surface area contributed by atoms with Gasteiger partial charge in [0.1, 0.15) is 0 Å². The SMILES string of the molecule is CCCCC(CC)CC(C)(C)CC(C)O. The average molecular weight is 214 g/mol. The molecule has 0 heterocycles. The summed E-state index contributed by atoms with van der Waals surface area (Å²) in [5.41, 5.74) is 0.294. The molecule has 0 aromatic heterocycles. The van der Waals surface area contributed by atoms with Crippen molar-refractivity contribution in [3.05, 3.63) is 0 Å². The van der Waals surface area contributed by atoms with Crippen molar-refractivity contribution in [3.63, 3.8) is 0 Å². The van der Waals surface area contributed by atoms with Gasteiger partial charge in [0.05, 0.1) is 6.10 Å². The zero-order chi connectivity index (χ0) is 11.9. The van der Waals surface area contributed by atoms with Crippen LogP contribution in [0.1, 0.15) is 73.1 Å². The van der Waals surface area contributed by atoms with Crippen LogP contribution >= 0.6 is 0 Å². The lowest BCUT2D eigenvalue weighted by atomic mass is 9.76. The fourth-order valence-corrected chi connectivity index (χ4v) is 2.61. The Kier molecular flexibility index (Phi) is 7.25. The van der Waals surface area contributed by atoms with Gasteiger partial charge in [0, 0.05) is 0 Å². The first kappa shape index (κ1) is 15.0. The fraction of sp³-hybridized carbons (Fsp3) is 1.00. The summed E-state index contributed by atoms with van der Waals surface area (Å²) in [6, 6.07) is 0. The quantitative estimate of drug-likeness (QED) is 0.635. The third-order valence-corrected chi connectivity index (χ3v) is 3.23. The molecular weight excluding hydrogens is 184 g/mol. The molecule has 0 spiro atoms. The van der Waals surface area contributed by atoms with Crippen LogP contribution in [0.3, 0.4) is 0 Å². The van der Waals surface area contributed by atoms with Crippen molar-refractivity contribution in [2.75, 3.05) is 0 Å². The molecule has 0 aliphatic rings. The van der Waals surface area contributed by atoms with Gasteiger partial charge in [0.2, 0.25) is 0 Å². The van der Waals surface area contributed by atoms with Gasteiger partial charge in [-0.1, -0.05) is 53.4 Å². The lowest BCUT2D eigenvalue weighted by Gasteiger charge is -2.30. The number of aliphatic hydroxyl groups excluding tert-OH is 1. The molecule has 0 aliphatic heterocycles. The van der Waals surface area contributed by atoms with Gasteiger partial charge in [-0.3, -0.25) is 0 Å². The second-order valence-corrected chi connectivity index (χ2v) is 5.84. The van der Waals surface area contributed by atoms with Crippen molar-refractivity contribution < 1.29 is 5.11 Å². The summed E-state index contributed by atoms with van der Waals surface area (Å²) < 4.78 is 0. The van der Waals surface area contributed by atoms with Crippen LogP contribution in [0.25, 0.3) is 0 Å². The summed E-state index contributed by atoms with van der Waals surface area (Å²) in [6.45, 7) is 11.0. The van der Waals surface area contributed by atoms with E-state index >= 15 is 0 Å². The molecule has 0 fully saturated rings. The maximum Gasteiger partial charge on any atom is 0.0517 e. The highest BCUT2D eigenvalue weighted by molar-refractivity contribution is 4.75. The molecule has 0 saturated heterocycles. The largest absolute Gasteiger partial charge is 0.393 e. The molecule has 0 bridgehead atoms. The second-order valence-electron chi connectivity index (χ2n) is 5.84. The maximum absolute atomic E-state index is 9.45. The third kappa shape index (κ3) is 7.84. The average Bonchev–Trinajstić information content (AvgIpc) is 2.09. The molecule has 0 radical (unpaired) electrons. The molecular formula is C14H30O. The van der Waals surface area contributed by atoms with Gasteiger partial charge in [-0.05, 0) is 31.1 Å². The number of rotatable bonds is 8. The van der Waals surface area contributed by atoms with E-state index in [0.717, 1.165) is 12.3 Å². The van der Waals surface area contributed by atoms with Gasteiger partial charge in [0.15, 0.2) is 0 Å². The Morgan fingerprint density at radius 3 is 2.13 bits per heavy atom. The molecule has 0 aromatic rings. The van der Waals surface area contributed by atoms with Crippen LogP contribution in [0.2, 0.25) is 0 Å². The molecule has 92 valence electrons. The minimum Gasteiger partial charge on any atom is -0.393 e. The number of hydrogen-bond donors (Lipinski definition) is 1. The Morgan fingerprint density at radius 2 is 1.73 bits per heavy atom. The lowest BCUT2D eigenvalue weighted by Crippen LogP contribution is -2.22. The number of unbranched alkanes of at least 4 members (excludes halogenated alkanes) is 1. The molecule has 15 heavy (non-hydrogen) atoms. The first-order valence-corrected chi connectivity index (χ1v) is 6.59. The minimum absolute atomic E-state index is 0.163. The summed E-state index contributed by atoms with van der Waals surface area (Å²) >= 11 is 0. The van der Waals surface area contributed by atoms with Crippen molar-refractivity contribution in [1.82, 2.24) is 0 Å². The van der Waals surface area contributed by atoms with Gasteiger partial charge >= 0.3 is 0 Å². The minimum atomic E-state index is -0.163. The van der Waals surface area contributed by atoms with Crippen molar-refractivity contribution in [3.8, 4) is 0 Å². The van der Waals surface area contributed by atoms with Gasteiger partial charge in [-0.25, -0.2) is 0 Å². The summed E-state index contributed by atoms with van der Waals surface area (Å²) in [6.07, 6.45) is 7.31. The number of aliphatic hydroxyl groups is 1. The van der Waals surface area contributed by atoms with Crippen LogP contribution in [0.15, 0.2) is 0 Å². The fourth-order valence-electron chi connectivity index (χ4n) is 2.61. The van der Waals surface area contributed by atoms with E-state index < -0.39 is 0 Å². The monoisotopic (exact) mass is 214 g/mol. The molecule has 1 nitrogen and oxygen atoms in total. The molecule has 1 N–H and O–H groups in total. The molecule has 0 saturated carbocycles. The van der Waals surface area contributed by atoms with Gasteiger partial charge in [-0.2, -0.15) is 0 Å². The van der Waals surface area contributed by atoms with E-state index in [1.54, 1.807) is 0 Å². The second kappa shape index (κ2) is 7.27. The highest BCUT2D eigenvalue weighted by atomic mass is 16.3. The zero-order valence-corrected chi connectivity index (χ0v) is 11.3. The lowest BCUT2D eigenvalue weighted by molar-refractivity contribution is 0.111. The van der Waals surface area contributed by atoms with E-state index in [1.807, 2.05) is 6.92 Å². The molecule has 0 aromatic carbocycles. The van der Waals surface area contributed by atoms with Crippen LogP contribution < -0.4 is 0 Å². The predicted octanol–water partition coefficient (Wildman–Crippen LogP) is 4.39. The van der Waals surface area contributed by atoms with E-state index in [0.29, 0.717) is 5.41 Å². The summed E-state index contributed by atoms with van der Waals surface area (Å²) in [4.78, 5) is 0. The van der Waals surface area contributed by atoms with Crippen molar-refractivity contribution in [1.29, 1.82) is 0 Å². The van der Waals surface area contributed by atoms with Crippen LogP contribution in [-0.4, -0.2) is 11.2 Å². The molecule has 0 aliphatic carbocycles. The first-order chi connectivity index (χ1) is 6.91. The van der Waals surface area contributed by atoms with E-state index in [2.05, 4.69) is 27.7 Å². The molecule has 0 rings (SSSR count). The molecule has 1 heteroatoms. The topological polar surface area (TPSA) is 20.2 Å². The van der Waals surface area contributed by atoms with Crippen molar-refractivity contribution >= 4 is 0 Å².